The molecule has 2 heterocycles. The second kappa shape index (κ2) is 10.8. The van der Waals surface area contributed by atoms with Crippen LogP contribution in [-0.4, -0.2) is 61.9 Å². The Kier molecular flexibility index (Phi) is 8.72. The molecule has 1 saturated heterocycles. The fourth-order valence-corrected chi connectivity index (χ4v) is 3.40. The van der Waals surface area contributed by atoms with Crippen molar-refractivity contribution in [3.8, 4) is 0 Å². The molecule has 1 aromatic heterocycles. The van der Waals surface area contributed by atoms with E-state index in [1.54, 1.807) is 12.1 Å². The van der Waals surface area contributed by atoms with Gasteiger partial charge in [0.15, 0.2) is 5.78 Å². The molecule has 0 bridgehead atoms. The Bertz CT molecular complexity index is 951. The van der Waals surface area contributed by atoms with Gasteiger partial charge in [0, 0.05) is 16.9 Å². The maximum absolute atomic E-state index is 12.5. The molecule has 4 N–H and O–H groups in total. The molecule has 0 aliphatic carbocycles. The first-order valence-corrected chi connectivity index (χ1v) is 10.00. The highest BCUT2D eigenvalue weighted by Crippen LogP contribution is 2.25. The first-order valence-electron chi connectivity index (χ1n) is 8.83. The number of benzene rings is 1. The molecular weight excluding hydrogens is 470 g/mol. The molecule has 11 heteroatoms. The second-order valence-corrected chi connectivity index (χ2v) is 7.79. The molecule has 0 saturated carbocycles. The summed E-state index contributed by atoms with van der Waals surface area (Å²) < 4.78 is 1.94. The summed E-state index contributed by atoms with van der Waals surface area (Å²) >= 11 is 9.33. The van der Waals surface area contributed by atoms with Gasteiger partial charge in [-0.1, -0.05) is 11.6 Å². The minimum absolute atomic E-state index is 0.0691. The zero-order chi connectivity index (χ0) is 21.6. The maximum atomic E-state index is 12.5. The van der Waals surface area contributed by atoms with Crippen LogP contribution in [0, 0.1) is 0 Å². The van der Waals surface area contributed by atoms with Gasteiger partial charge in [-0.05, 0) is 47.4 Å². The number of aliphatic carboxylic acids is 1. The predicted octanol–water partition coefficient (Wildman–Crippen LogP) is 0.948. The Morgan fingerprint density at radius 2 is 2.07 bits per heavy atom. The average molecular weight is 491 g/mol. The monoisotopic (exact) mass is 489 g/mol. The van der Waals surface area contributed by atoms with Gasteiger partial charge in [0.1, 0.15) is 6.61 Å². The number of aliphatic hydroxyl groups excluding tert-OH is 2. The van der Waals surface area contributed by atoms with Crippen LogP contribution >= 0.6 is 27.5 Å². The summed E-state index contributed by atoms with van der Waals surface area (Å²) in [5.74, 6) is -1.31. The van der Waals surface area contributed by atoms with Crippen LogP contribution in [0.5, 0.6) is 0 Å². The largest absolute Gasteiger partial charge is 0.480 e. The number of aliphatic hydroxyl groups is 2. The smallest absolute Gasteiger partial charge is 0.329 e. The molecule has 1 aliphatic rings. The molecule has 3 rings (SSSR count). The Hall–Kier alpha value is -1.85. The van der Waals surface area contributed by atoms with E-state index in [0.717, 1.165) is 13.0 Å². The number of nitrogens with one attached hydrogen (secondary N) is 1. The number of halogens is 2. The van der Waals surface area contributed by atoms with Crippen LogP contribution in [-0.2, 0) is 16.1 Å². The lowest BCUT2D eigenvalue weighted by molar-refractivity contribution is -0.140. The van der Waals surface area contributed by atoms with E-state index >= 15 is 0 Å². The number of hydrogen-bond donors (Lipinski definition) is 4. The second-order valence-electron chi connectivity index (χ2n) is 6.53. The zero-order valence-electron chi connectivity index (χ0n) is 15.3. The standard InChI is InChI=1S/C16H17BrClN3O3.C2H4O3/c17-11-6-13-10(5-12(11)18)16(24)21(8-20-13)7-9(22)4-14-15(23)2-1-3-19-14;3-1-2(4)5/h5-6,8,14-15,19,23H,1-4,7H2;3H,1H2,(H,4,5)/t14-,15+;/m1./s1. The molecule has 29 heavy (non-hydrogen) atoms. The van der Waals surface area contributed by atoms with Gasteiger partial charge in [0.2, 0.25) is 0 Å². The van der Waals surface area contributed by atoms with E-state index in [0.29, 0.717) is 26.8 Å². The fraction of sp³-hybridized carbons (Fsp3) is 0.444. The van der Waals surface area contributed by atoms with Crippen molar-refractivity contribution in [1.29, 1.82) is 0 Å². The number of hydrogen-bond acceptors (Lipinski definition) is 7. The third kappa shape index (κ3) is 6.58. The highest BCUT2D eigenvalue weighted by Gasteiger charge is 2.25. The van der Waals surface area contributed by atoms with Crippen molar-refractivity contribution in [3.63, 3.8) is 0 Å². The third-order valence-corrected chi connectivity index (χ3v) is 5.54. The highest BCUT2D eigenvalue weighted by molar-refractivity contribution is 9.10. The Balaban J connectivity index is 0.000000537. The lowest BCUT2D eigenvalue weighted by Gasteiger charge is -2.28. The molecule has 0 unspecified atom stereocenters. The number of carbonyl (C=O) groups is 2. The topological polar surface area (TPSA) is 142 Å². The molecule has 0 spiro atoms. The minimum atomic E-state index is -1.19. The Labute approximate surface area is 179 Å². The summed E-state index contributed by atoms with van der Waals surface area (Å²) in [6, 6.07) is 2.97. The van der Waals surface area contributed by atoms with E-state index in [4.69, 9.17) is 26.6 Å². The highest BCUT2D eigenvalue weighted by atomic mass is 79.9. The van der Waals surface area contributed by atoms with Crippen LogP contribution in [0.4, 0.5) is 0 Å². The number of carbonyl (C=O) groups excluding carboxylic acids is 1. The molecule has 0 amide bonds. The summed E-state index contributed by atoms with van der Waals surface area (Å²) in [6.45, 7) is -0.0553. The average Bonchev–Trinajstić information content (AvgIpc) is 2.68. The number of piperidine rings is 1. The van der Waals surface area contributed by atoms with Crippen molar-refractivity contribution in [2.24, 2.45) is 0 Å². The van der Waals surface area contributed by atoms with Gasteiger partial charge in [-0.2, -0.15) is 0 Å². The molecule has 1 aromatic carbocycles. The number of carboxylic acids is 1. The quantitative estimate of drug-likeness (QED) is 0.485. The van der Waals surface area contributed by atoms with Gasteiger partial charge >= 0.3 is 5.97 Å². The Morgan fingerprint density at radius 1 is 1.38 bits per heavy atom. The molecule has 158 valence electrons. The first-order chi connectivity index (χ1) is 13.7. The first kappa shape index (κ1) is 23.4. The summed E-state index contributed by atoms with van der Waals surface area (Å²) in [5.41, 5.74) is 0.212. The van der Waals surface area contributed by atoms with Gasteiger partial charge in [0.05, 0.1) is 34.9 Å². The van der Waals surface area contributed by atoms with Crippen molar-refractivity contribution < 1.29 is 24.9 Å². The van der Waals surface area contributed by atoms with E-state index in [2.05, 4.69) is 26.2 Å². The summed E-state index contributed by atoms with van der Waals surface area (Å²) in [7, 11) is 0. The lowest BCUT2D eigenvalue weighted by atomic mass is 9.97. The van der Waals surface area contributed by atoms with Crippen LogP contribution in [0.2, 0.25) is 5.02 Å². The molecule has 1 aliphatic heterocycles. The Morgan fingerprint density at radius 3 is 2.69 bits per heavy atom. The SMILES string of the molecule is O=C(C[C@H]1NCCC[C@@H]1O)Cn1cnc2cc(Br)c(Cl)cc2c1=O.O=C(O)CO. The minimum Gasteiger partial charge on any atom is -0.480 e. The van der Waals surface area contributed by atoms with Crippen molar-refractivity contribution in [3.05, 3.63) is 38.3 Å². The van der Waals surface area contributed by atoms with E-state index in [-0.39, 0.29) is 30.3 Å². The number of rotatable bonds is 5. The van der Waals surface area contributed by atoms with Crippen LogP contribution in [0.15, 0.2) is 27.7 Å². The van der Waals surface area contributed by atoms with E-state index in [1.165, 1.54) is 10.9 Å². The van der Waals surface area contributed by atoms with Crippen molar-refractivity contribution >= 4 is 50.2 Å². The number of aromatic nitrogens is 2. The summed E-state index contributed by atoms with van der Waals surface area (Å²) in [5, 5.41) is 28.9. The van der Waals surface area contributed by atoms with Crippen molar-refractivity contribution in [2.75, 3.05) is 13.2 Å². The molecule has 2 atom stereocenters. The van der Waals surface area contributed by atoms with Gasteiger partial charge in [-0.25, -0.2) is 9.78 Å². The van der Waals surface area contributed by atoms with E-state index < -0.39 is 18.7 Å². The molecule has 2 aromatic rings. The summed E-state index contributed by atoms with van der Waals surface area (Å²) in [4.78, 5) is 38.1. The van der Waals surface area contributed by atoms with Crippen molar-refractivity contribution in [1.82, 2.24) is 14.9 Å². The predicted molar refractivity (Wildman–Crippen MR) is 110 cm³/mol. The van der Waals surface area contributed by atoms with Crippen LogP contribution in [0.3, 0.4) is 0 Å². The number of Topliss-reactive ketones (excluding diaryl/α,β-unsaturated/α-hetero) is 1. The van der Waals surface area contributed by atoms with Crippen LogP contribution < -0.4 is 10.9 Å². The number of ketones is 1. The van der Waals surface area contributed by atoms with E-state index in [9.17, 15) is 14.7 Å². The lowest BCUT2D eigenvalue weighted by Crippen LogP contribution is -2.46. The van der Waals surface area contributed by atoms with Crippen LogP contribution in [0.25, 0.3) is 10.9 Å². The van der Waals surface area contributed by atoms with Crippen molar-refractivity contribution in [2.45, 2.75) is 38.0 Å². The van der Waals surface area contributed by atoms with Crippen LogP contribution in [0.1, 0.15) is 19.3 Å². The zero-order valence-corrected chi connectivity index (χ0v) is 17.7. The molecule has 9 nitrogen and oxygen atoms in total. The molecular formula is C18H21BrClN3O6. The summed E-state index contributed by atoms with van der Waals surface area (Å²) in [6.07, 6.45) is 2.62. The van der Waals surface area contributed by atoms with E-state index in [1.807, 2.05) is 0 Å². The number of nitrogens with zero attached hydrogens (tertiary/aromatic N) is 2. The van der Waals surface area contributed by atoms with Gasteiger partial charge in [-0.15, -0.1) is 0 Å². The maximum Gasteiger partial charge on any atom is 0.329 e. The third-order valence-electron chi connectivity index (χ3n) is 4.34. The fourth-order valence-electron chi connectivity index (χ4n) is 2.91. The molecule has 0 radical (unpaired) electrons. The normalized spacial score (nSPS) is 18.8. The van der Waals surface area contributed by atoms with Gasteiger partial charge in [-0.3, -0.25) is 14.2 Å². The van der Waals surface area contributed by atoms with Gasteiger partial charge in [0.25, 0.3) is 5.56 Å². The van der Waals surface area contributed by atoms with Gasteiger partial charge < -0.3 is 20.6 Å². The number of fused-ring (bicyclic) bond motifs is 1. The molecule has 1 fully saturated rings. The number of carboxylic acid groups (broad SMARTS) is 1.